The van der Waals surface area contributed by atoms with Crippen LogP contribution in [0.5, 0.6) is 0 Å². The highest BCUT2D eigenvalue weighted by atomic mass is 32.1. The lowest BCUT2D eigenvalue weighted by Gasteiger charge is -2.20. The number of benzene rings is 2. The number of amides is 1. The molecule has 0 bridgehead atoms. The van der Waals surface area contributed by atoms with Crippen LogP contribution >= 0.6 is 11.3 Å². The Bertz CT molecular complexity index is 1020. The first-order chi connectivity index (χ1) is 12.8. The standard InChI is InChI=1S/C21H19N3OS/c1-2-24-17-12-7-6-11-16(17)22-20(24)19(15-9-4-3-5-10-15)23-21(25)18-13-8-14-26-18/h3-14,19H,2H2,1H3,(H,23,25)/t19-/m1/s1. The van der Waals surface area contributed by atoms with Crippen molar-refractivity contribution in [2.45, 2.75) is 19.5 Å². The van der Waals surface area contributed by atoms with Gasteiger partial charge in [-0.05, 0) is 36.1 Å². The van der Waals surface area contributed by atoms with Gasteiger partial charge in [0.2, 0.25) is 0 Å². The number of imidazole rings is 1. The monoisotopic (exact) mass is 361 g/mol. The number of fused-ring (bicyclic) bond motifs is 1. The first kappa shape index (κ1) is 16.5. The van der Waals surface area contributed by atoms with E-state index in [1.54, 1.807) is 0 Å². The van der Waals surface area contributed by atoms with E-state index in [1.165, 1.54) is 11.3 Å². The molecule has 1 amide bonds. The molecular weight excluding hydrogens is 342 g/mol. The Labute approximate surface area is 156 Å². The van der Waals surface area contributed by atoms with E-state index in [0.29, 0.717) is 4.88 Å². The van der Waals surface area contributed by atoms with Gasteiger partial charge in [-0.15, -0.1) is 11.3 Å². The van der Waals surface area contributed by atoms with Crippen molar-refractivity contribution >= 4 is 28.3 Å². The van der Waals surface area contributed by atoms with Gasteiger partial charge in [-0.25, -0.2) is 4.98 Å². The Hall–Kier alpha value is -2.92. The van der Waals surface area contributed by atoms with E-state index in [4.69, 9.17) is 4.98 Å². The molecule has 4 nitrogen and oxygen atoms in total. The number of nitrogens with zero attached hydrogens (tertiary/aromatic N) is 2. The van der Waals surface area contributed by atoms with Gasteiger partial charge in [-0.1, -0.05) is 48.5 Å². The molecular formula is C21H19N3OS. The second kappa shape index (κ2) is 7.14. The van der Waals surface area contributed by atoms with Crippen LogP contribution in [0.25, 0.3) is 11.0 Å². The SMILES string of the molecule is CCn1c([C@H](NC(=O)c2cccs2)c2ccccc2)nc2ccccc21. The molecule has 0 aliphatic carbocycles. The molecule has 0 aliphatic rings. The number of nitrogens with one attached hydrogen (secondary N) is 1. The summed E-state index contributed by atoms with van der Waals surface area (Å²) in [5, 5.41) is 5.09. The van der Waals surface area contributed by atoms with E-state index in [2.05, 4.69) is 22.9 Å². The zero-order valence-electron chi connectivity index (χ0n) is 14.4. The third-order valence-electron chi connectivity index (χ3n) is 4.41. The van der Waals surface area contributed by atoms with Gasteiger partial charge in [0.05, 0.1) is 15.9 Å². The Morgan fingerprint density at radius 1 is 1.08 bits per heavy atom. The number of hydrogen-bond donors (Lipinski definition) is 1. The number of hydrogen-bond acceptors (Lipinski definition) is 3. The molecule has 0 fully saturated rings. The lowest BCUT2D eigenvalue weighted by atomic mass is 10.1. The molecule has 0 saturated carbocycles. The summed E-state index contributed by atoms with van der Waals surface area (Å²) in [7, 11) is 0. The molecule has 1 N–H and O–H groups in total. The molecule has 0 saturated heterocycles. The average molecular weight is 361 g/mol. The number of aryl methyl sites for hydroxylation is 1. The molecule has 2 aromatic heterocycles. The van der Waals surface area contributed by atoms with Crippen molar-refractivity contribution in [3.8, 4) is 0 Å². The van der Waals surface area contributed by atoms with Crippen molar-refractivity contribution in [1.82, 2.24) is 14.9 Å². The number of rotatable bonds is 5. The lowest BCUT2D eigenvalue weighted by molar-refractivity contribution is 0.0945. The van der Waals surface area contributed by atoms with Crippen LogP contribution in [0.2, 0.25) is 0 Å². The minimum absolute atomic E-state index is 0.0800. The van der Waals surface area contributed by atoms with Crippen LogP contribution in [0.3, 0.4) is 0 Å². The maximum atomic E-state index is 12.7. The highest BCUT2D eigenvalue weighted by Gasteiger charge is 2.24. The maximum absolute atomic E-state index is 12.7. The molecule has 0 aliphatic heterocycles. The van der Waals surface area contributed by atoms with E-state index >= 15 is 0 Å². The van der Waals surface area contributed by atoms with Gasteiger partial charge in [-0.2, -0.15) is 0 Å². The van der Waals surface area contributed by atoms with Crippen LogP contribution in [-0.2, 0) is 6.54 Å². The predicted molar refractivity (Wildman–Crippen MR) is 105 cm³/mol. The highest BCUT2D eigenvalue weighted by Crippen LogP contribution is 2.26. The summed E-state index contributed by atoms with van der Waals surface area (Å²) >= 11 is 1.44. The van der Waals surface area contributed by atoms with E-state index < -0.39 is 0 Å². The Kier molecular flexibility index (Phi) is 4.54. The third kappa shape index (κ3) is 3.02. The summed E-state index contributed by atoms with van der Waals surface area (Å²) < 4.78 is 2.17. The molecule has 2 aromatic carbocycles. The predicted octanol–water partition coefficient (Wildman–Crippen LogP) is 4.64. The minimum atomic E-state index is -0.307. The number of aromatic nitrogens is 2. The van der Waals surface area contributed by atoms with E-state index in [0.717, 1.165) is 29.0 Å². The molecule has 1 atom stereocenters. The van der Waals surface area contributed by atoms with Crippen molar-refractivity contribution in [2.24, 2.45) is 0 Å². The molecule has 26 heavy (non-hydrogen) atoms. The lowest BCUT2D eigenvalue weighted by Crippen LogP contribution is -2.30. The van der Waals surface area contributed by atoms with Gasteiger partial charge < -0.3 is 9.88 Å². The Balaban J connectivity index is 1.82. The normalized spacial score (nSPS) is 12.2. The molecule has 5 heteroatoms. The summed E-state index contributed by atoms with van der Waals surface area (Å²) in [6, 6.07) is 21.5. The quantitative estimate of drug-likeness (QED) is 0.563. The van der Waals surface area contributed by atoms with Crippen LogP contribution < -0.4 is 5.32 Å². The average Bonchev–Trinajstić information content (AvgIpc) is 3.34. The van der Waals surface area contributed by atoms with Crippen LogP contribution in [0.4, 0.5) is 0 Å². The summed E-state index contributed by atoms with van der Waals surface area (Å²) in [5.74, 6) is 0.772. The van der Waals surface area contributed by atoms with E-state index in [9.17, 15) is 4.79 Å². The summed E-state index contributed by atoms with van der Waals surface area (Å²) in [5.41, 5.74) is 3.04. The fraction of sp³-hybridized carbons (Fsp3) is 0.143. The van der Waals surface area contributed by atoms with Crippen molar-refractivity contribution in [1.29, 1.82) is 0 Å². The molecule has 0 radical (unpaired) electrons. The van der Waals surface area contributed by atoms with Crippen LogP contribution in [0, 0.1) is 0 Å². The zero-order valence-corrected chi connectivity index (χ0v) is 15.2. The largest absolute Gasteiger partial charge is 0.337 e. The van der Waals surface area contributed by atoms with Crippen LogP contribution in [0.1, 0.15) is 34.0 Å². The molecule has 4 aromatic rings. The Morgan fingerprint density at radius 3 is 2.58 bits per heavy atom. The van der Waals surface area contributed by atoms with Gasteiger partial charge in [-0.3, -0.25) is 4.79 Å². The number of thiophene rings is 1. The first-order valence-electron chi connectivity index (χ1n) is 8.62. The second-order valence-electron chi connectivity index (χ2n) is 6.00. The van der Waals surface area contributed by atoms with Gasteiger partial charge in [0.25, 0.3) is 5.91 Å². The topological polar surface area (TPSA) is 46.9 Å². The maximum Gasteiger partial charge on any atom is 0.262 e. The fourth-order valence-electron chi connectivity index (χ4n) is 3.20. The fourth-order valence-corrected chi connectivity index (χ4v) is 3.83. The van der Waals surface area contributed by atoms with E-state index in [1.807, 2.05) is 66.0 Å². The zero-order chi connectivity index (χ0) is 17.9. The minimum Gasteiger partial charge on any atom is -0.337 e. The number of carbonyl (C=O) groups excluding carboxylic acids is 1. The molecule has 130 valence electrons. The molecule has 2 heterocycles. The Morgan fingerprint density at radius 2 is 1.85 bits per heavy atom. The highest BCUT2D eigenvalue weighted by molar-refractivity contribution is 7.12. The number of carbonyl (C=O) groups is 1. The van der Waals surface area contributed by atoms with Gasteiger partial charge >= 0.3 is 0 Å². The second-order valence-corrected chi connectivity index (χ2v) is 6.95. The molecule has 0 spiro atoms. The van der Waals surface area contributed by atoms with Gasteiger partial charge in [0.15, 0.2) is 0 Å². The van der Waals surface area contributed by atoms with Crippen molar-refractivity contribution in [3.05, 3.63) is 88.4 Å². The first-order valence-corrected chi connectivity index (χ1v) is 9.50. The van der Waals surface area contributed by atoms with Gasteiger partial charge in [0, 0.05) is 6.54 Å². The van der Waals surface area contributed by atoms with Crippen molar-refractivity contribution < 1.29 is 4.79 Å². The van der Waals surface area contributed by atoms with E-state index in [-0.39, 0.29) is 11.9 Å². The van der Waals surface area contributed by atoms with Crippen LogP contribution in [-0.4, -0.2) is 15.5 Å². The number of para-hydroxylation sites is 2. The summed E-state index contributed by atoms with van der Waals surface area (Å²) in [6.07, 6.45) is 0. The van der Waals surface area contributed by atoms with Crippen LogP contribution in [0.15, 0.2) is 72.1 Å². The smallest absolute Gasteiger partial charge is 0.262 e. The van der Waals surface area contributed by atoms with Crippen molar-refractivity contribution in [2.75, 3.05) is 0 Å². The molecule has 4 rings (SSSR count). The summed E-state index contributed by atoms with van der Waals surface area (Å²) in [6.45, 7) is 2.88. The summed E-state index contributed by atoms with van der Waals surface area (Å²) in [4.78, 5) is 18.3. The third-order valence-corrected chi connectivity index (χ3v) is 5.28. The van der Waals surface area contributed by atoms with Gasteiger partial charge in [0.1, 0.15) is 11.9 Å². The van der Waals surface area contributed by atoms with Crippen molar-refractivity contribution in [3.63, 3.8) is 0 Å². The molecule has 0 unspecified atom stereocenters.